The van der Waals surface area contributed by atoms with Gasteiger partial charge in [0.1, 0.15) is 0 Å². The van der Waals surface area contributed by atoms with E-state index >= 15 is 0 Å². The number of nitrogens with zero attached hydrogens (tertiary/aromatic N) is 2. The molecule has 1 atom stereocenters. The first kappa shape index (κ1) is 18.0. The molecule has 1 N–H and O–H groups in total. The van der Waals surface area contributed by atoms with Gasteiger partial charge in [-0.2, -0.15) is 0 Å². The number of amides is 1. The molecule has 6 nitrogen and oxygen atoms in total. The Morgan fingerprint density at radius 1 is 1.28 bits per heavy atom. The lowest BCUT2D eigenvalue weighted by molar-refractivity contribution is -0.141. The van der Waals surface area contributed by atoms with Gasteiger partial charge in [-0.15, -0.1) is 0 Å². The van der Waals surface area contributed by atoms with Gasteiger partial charge in [-0.1, -0.05) is 0 Å². The van der Waals surface area contributed by atoms with E-state index in [4.69, 9.17) is 4.74 Å². The highest BCUT2D eigenvalue weighted by Crippen LogP contribution is 2.39. The normalized spacial score (nSPS) is 25.0. The van der Waals surface area contributed by atoms with Crippen molar-refractivity contribution in [3.63, 3.8) is 0 Å². The molecule has 1 amide bonds. The van der Waals surface area contributed by atoms with Gasteiger partial charge in [0, 0.05) is 55.5 Å². The van der Waals surface area contributed by atoms with Crippen molar-refractivity contribution in [2.75, 3.05) is 26.7 Å². The SMILES string of the molecule is COc1c[nH]c(CN2CCCC3(CCC(=O)N(C(C)C)C3)C2)cc1=O. The highest BCUT2D eigenvalue weighted by Gasteiger charge is 2.42. The maximum absolute atomic E-state index is 12.2. The van der Waals surface area contributed by atoms with E-state index in [0.29, 0.717) is 12.2 Å². The number of pyridine rings is 1. The second-order valence-corrected chi connectivity index (χ2v) is 7.82. The zero-order valence-corrected chi connectivity index (χ0v) is 15.5. The van der Waals surface area contributed by atoms with Crippen LogP contribution in [-0.4, -0.2) is 53.5 Å². The molecule has 1 aromatic rings. The predicted octanol–water partition coefficient (Wildman–Crippen LogP) is 2.00. The lowest BCUT2D eigenvalue weighted by Gasteiger charge is -2.49. The first-order chi connectivity index (χ1) is 11.9. The van der Waals surface area contributed by atoms with Gasteiger partial charge in [0.15, 0.2) is 5.75 Å². The van der Waals surface area contributed by atoms with E-state index in [0.717, 1.165) is 44.7 Å². The molecule has 2 fully saturated rings. The molecule has 0 saturated carbocycles. The van der Waals surface area contributed by atoms with Crippen LogP contribution in [0.2, 0.25) is 0 Å². The number of hydrogen-bond acceptors (Lipinski definition) is 4. The topological polar surface area (TPSA) is 65.6 Å². The lowest BCUT2D eigenvalue weighted by Crippen LogP contribution is -2.55. The molecule has 1 unspecified atom stereocenters. The Labute approximate surface area is 149 Å². The number of rotatable bonds is 4. The Morgan fingerprint density at radius 3 is 2.76 bits per heavy atom. The van der Waals surface area contributed by atoms with Crippen LogP contribution >= 0.6 is 0 Å². The van der Waals surface area contributed by atoms with Crippen molar-refractivity contribution in [2.24, 2.45) is 5.41 Å². The van der Waals surface area contributed by atoms with Gasteiger partial charge in [-0.25, -0.2) is 0 Å². The first-order valence-corrected chi connectivity index (χ1v) is 9.20. The molecule has 0 radical (unpaired) electrons. The number of H-pyrrole nitrogens is 1. The molecule has 0 aliphatic carbocycles. The fraction of sp³-hybridized carbons (Fsp3) is 0.684. The van der Waals surface area contributed by atoms with E-state index < -0.39 is 0 Å². The number of carbonyl (C=O) groups is 1. The van der Waals surface area contributed by atoms with E-state index in [-0.39, 0.29) is 22.8 Å². The summed E-state index contributed by atoms with van der Waals surface area (Å²) in [6, 6.07) is 1.89. The van der Waals surface area contributed by atoms with Crippen molar-refractivity contribution >= 4 is 5.91 Å². The number of aromatic amines is 1. The number of methoxy groups -OCH3 is 1. The van der Waals surface area contributed by atoms with E-state index in [2.05, 4.69) is 23.7 Å². The van der Waals surface area contributed by atoms with E-state index in [1.807, 2.05) is 4.90 Å². The average molecular weight is 347 g/mol. The predicted molar refractivity (Wildman–Crippen MR) is 96.6 cm³/mol. The Kier molecular flexibility index (Phi) is 5.18. The van der Waals surface area contributed by atoms with Crippen LogP contribution in [0.3, 0.4) is 0 Å². The second-order valence-electron chi connectivity index (χ2n) is 7.82. The summed E-state index contributed by atoms with van der Waals surface area (Å²) in [4.78, 5) is 31.8. The molecule has 2 saturated heterocycles. The number of nitrogens with one attached hydrogen (secondary N) is 1. The van der Waals surface area contributed by atoms with Gasteiger partial charge in [0.2, 0.25) is 11.3 Å². The standard InChI is InChI=1S/C19H29N3O3/c1-14(2)22-13-19(7-5-18(22)24)6-4-8-21(12-19)11-15-9-16(23)17(25-3)10-20-15/h9-10,14H,4-8,11-13H2,1-3H3,(H,20,23). The first-order valence-electron chi connectivity index (χ1n) is 9.20. The number of piperidine rings is 2. The molecule has 3 heterocycles. The van der Waals surface area contributed by atoms with Crippen LogP contribution in [0.5, 0.6) is 5.75 Å². The maximum atomic E-state index is 12.2. The van der Waals surface area contributed by atoms with Crippen LogP contribution in [-0.2, 0) is 11.3 Å². The Hall–Kier alpha value is -1.82. The average Bonchev–Trinajstić information content (AvgIpc) is 2.58. The van der Waals surface area contributed by atoms with Crippen molar-refractivity contribution in [1.29, 1.82) is 0 Å². The quantitative estimate of drug-likeness (QED) is 0.905. The van der Waals surface area contributed by atoms with Gasteiger partial charge in [0.05, 0.1) is 7.11 Å². The fourth-order valence-corrected chi connectivity index (χ4v) is 4.29. The van der Waals surface area contributed by atoms with Crippen molar-refractivity contribution in [3.8, 4) is 5.75 Å². The molecule has 3 rings (SSSR count). The van der Waals surface area contributed by atoms with Crippen molar-refractivity contribution in [3.05, 3.63) is 28.2 Å². The monoisotopic (exact) mass is 347 g/mol. The zero-order valence-electron chi connectivity index (χ0n) is 15.5. The van der Waals surface area contributed by atoms with E-state index in [9.17, 15) is 9.59 Å². The van der Waals surface area contributed by atoms with Crippen LogP contribution in [0.1, 0.15) is 45.2 Å². The highest BCUT2D eigenvalue weighted by atomic mass is 16.5. The summed E-state index contributed by atoms with van der Waals surface area (Å²) in [6.45, 7) is 7.80. The maximum Gasteiger partial charge on any atom is 0.223 e. The van der Waals surface area contributed by atoms with Gasteiger partial charge in [0.25, 0.3) is 0 Å². The van der Waals surface area contributed by atoms with Crippen LogP contribution in [0.4, 0.5) is 0 Å². The zero-order chi connectivity index (χ0) is 18.0. The Bertz CT molecular complexity index is 685. The number of hydrogen-bond donors (Lipinski definition) is 1. The molecule has 138 valence electrons. The molecule has 6 heteroatoms. The molecule has 25 heavy (non-hydrogen) atoms. The molecular weight excluding hydrogens is 318 g/mol. The van der Waals surface area contributed by atoms with E-state index in [1.165, 1.54) is 13.5 Å². The van der Waals surface area contributed by atoms with Crippen molar-refractivity contribution in [1.82, 2.24) is 14.8 Å². The molecule has 0 bridgehead atoms. The number of carbonyl (C=O) groups excluding carboxylic acids is 1. The summed E-state index contributed by atoms with van der Waals surface area (Å²) in [5.41, 5.74) is 1.02. The fourth-order valence-electron chi connectivity index (χ4n) is 4.29. The van der Waals surface area contributed by atoms with Gasteiger partial charge in [-0.05, 0) is 39.7 Å². The van der Waals surface area contributed by atoms with Gasteiger partial charge in [-0.3, -0.25) is 14.5 Å². The minimum absolute atomic E-state index is 0.0859. The van der Waals surface area contributed by atoms with Gasteiger partial charge < -0.3 is 14.6 Å². The van der Waals surface area contributed by atoms with Gasteiger partial charge >= 0.3 is 0 Å². The third kappa shape index (κ3) is 3.89. The summed E-state index contributed by atoms with van der Waals surface area (Å²) >= 11 is 0. The van der Waals surface area contributed by atoms with Crippen molar-refractivity contribution in [2.45, 2.75) is 52.1 Å². The van der Waals surface area contributed by atoms with Crippen LogP contribution in [0, 0.1) is 5.41 Å². The molecule has 2 aliphatic rings. The molecule has 2 aliphatic heterocycles. The number of aromatic nitrogens is 1. The number of ether oxygens (including phenoxy) is 1. The van der Waals surface area contributed by atoms with E-state index in [1.54, 1.807) is 12.3 Å². The molecule has 1 aromatic heterocycles. The number of likely N-dealkylation sites (tertiary alicyclic amines) is 2. The minimum atomic E-state index is -0.0859. The lowest BCUT2D eigenvalue weighted by atomic mass is 9.73. The molecular formula is C19H29N3O3. The van der Waals surface area contributed by atoms with Crippen molar-refractivity contribution < 1.29 is 9.53 Å². The molecule has 1 spiro atoms. The molecule has 0 aromatic carbocycles. The summed E-state index contributed by atoms with van der Waals surface area (Å²) in [6.07, 6.45) is 5.59. The smallest absolute Gasteiger partial charge is 0.223 e. The van der Waals surface area contributed by atoms with Crippen LogP contribution < -0.4 is 10.2 Å². The summed E-state index contributed by atoms with van der Waals surface area (Å²) in [7, 11) is 1.50. The minimum Gasteiger partial charge on any atom is -0.491 e. The second kappa shape index (κ2) is 7.20. The third-order valence-electron chi connectivity index (χ3n) is 5.61. The third-order valence-corrected chi connectivity index (χ3v) is 5.61. The van der Waals surface area contributed by atoms with Crippen LogP contribution in [0.25, 0.3) is 0 Å². The Balaban J connectivity index is 1.70. The highest BCUT2D eigenvalue weighted by molar-refractivity contribution is 5.77. The van der Waals surface area contributed by atoms with Crippen LogP contribution in [0.15, 0.2) is 17.1 Å². The Morgan fingerprint density at radius 2 is 2.08 bits per heavy atom. The summed E-state index contributed by atoms with van der Waals surface area (Å²) in [5.74, 6) is 0.634. The summed E-state index contributed by atoms with van der Waals surface area (Å²) in [5, 5.41) is 0. The summed E-state index contributed by atoms with van der Waals surface area (Å²) < 4.78 is 5.03. The largest absolute Gasteiger partial charge is 0.491 e.